The van der Waals surface area contributed by atoms with Gasteiger partial charge in [-0.25, -0.2) is 4.98 Å². The van der Waals surface area contributed by atoms with Crippen LogP contribution in [-0.4, -0.2) is 15.9 Å². The van der Waals surface area contributed by atoms with Crippen molar-refractivity contribution in [2.45, 2.75) is 9.59 Å². The molecular formula is C10H10BrN3S2. The topological polar surface area (TPSA) is 51.8 Å². The molecule has 0 radical (unpaired) electrons. The maximum Gasteiger partial charge on any atom is 0.170 e. The molecule has 1 atom stereocenters. The zero-order valence-electron chi connectivity index (χ0n) is 8.34. The van der Waals surface area contributed by atoms with Crippen molar-refractivity contribution in [1.29, 1.82) is 0 Å². The summed E-state index contributed by atoms with van der Waals surface area (Å²) in [5.74, 6) is 0. The summed E-state index contributed by atoms with van der Waals surface area (Å²) < 4.78 is 6.02. The minimum Gasteiger partial charge on any atom is -0.329 e. The van der Waals surface area contributed by atoms with E-state index < -0.39 is 0 Å². The van der Waals surface area contributed by atoms with E-state index in [1.54, 1.807) is 18.1 Å². The lowest BCUT2D eigenvalue weighted by atomic mass is 10.1. The van der Waals surface area contributed by atoms with Crippen LogP contribution in [0.3, 0.4) is 0 Å². The van der Waals surface area contributed by atoms with Crippen molar-refractivity contribution in [3.05, 3.63) is 40.6 Å². The van der Waals surface area contributed by atoms with E-state index in [4.69, 9.17) is 5.73 Å². The van der Waals surface area contributed by atoms with Gasteiger partial charge in [-0.15, -0.1) is 0 Å². The van der Waals surface area contributed by atoms with Gasteiger partial charge < -0.3 is 5.73 Å². The van der Waals surface area contributed by atoms with Crippen LogP contribution >= 0.6 is 39.2 Å². The highest BCUT2D eigenvalue weighted by Gasteiger charge is 2.15. The van der Waals surface area contributed by atoms with Gasteiger partial charge in [-0.1, -0.05) is 45.9 Å². The first kappa shape index (κ1) is 12.0. The Morgan fingerprint density at radius 2 is 2.25 bits per heavy atom. The van der Waals surface area contributed by atoms with Crippen LogP contribution in [0.15, 0.2) is 39.4 Å². The first-order valence-electron chi connectivity index (χ1n) is 4.69. The molecular weight excluding hydrogens is 306 g/mol. The highest BCUT2D eigenvalue weighted by Crippen LogP contribution is 2.37. The van der Waals surface area contributed by atoms with E-state index in [1.807, 2.05) is 18.2 Å². The van der Waals surface area contributed by atoms with Crippen molar-refractivity contribution in [1.82, 2.24) is 9.36 Å². The summed E-state index contributed by atoms with van der Waals surface area (Å²) in [6.45, 7) is 0.576. The molecule has 0 aliphatic heterocycles. The highest BCUT2D eigenvalue weighted by atomic mass is 79.9. The Hall–Kier alpha value is -0.430. The number of hydrogen-bond donors (Lipinski definition) is 1. The fourth-order valence-corrected chi connectivity index (χ4v) is 3.73. The van der Waals surface area contributed by atoms with Gasteiger partial charge in [0.05, 0.1) is 5.25 Å². The van der Waals surface area contributed by atoms with E-state index in [0.29, 0.717) is 6.54 Å². The van der Waals surface area contributed by atoms with Crippen LogP contribution in [0.5, 0.6) is 0 Å². The van der Waals surface area contributed by atoms with Gasteiger partial charge in [0.15, 0.2) is 4.34 Å². The Morgan fingerprint density at radius 3 is 2.88 bits per heavy atom. The summed E-state index contributed by atoms with van der Waals surface area (Å²) in [6.07, 6.45) is 1.57. The van der Waals surface area contributed by atoms with E-state index in [9.17, 15) is 0 Å². The first-order chi connectivity index (χ1) is 7.81. The number of benzene rings is 1. The Morgan fingerprint density at radius 1 is 1.44 bits per heavy atom. The van der Waals surface area contributed by atoms with E-state index in [1.165, 1.54) is 17.1 Å². The van der Waals surface area contributed by atoms with Crippen LogP contribution in [0.1, 0.15) is 10.8 Å². The summed E-state index contributed by atoms with van der Waals surface area (Å²) >= 11 is 6.59. The maximum absolute atomic E-state index is 5.81. The average molecular weight is 316 g/mol. The summed E-state index contributed by atoms with van der Waals surface area (Å²) in [7, 11) is 0. The number of thioether (sulfide) groups is 1. The number of nitrogens with two attached hydrogens (primary N) is 1. The second-order valence-corrected chi connectivity index (χ2v) is 6.16. The van der Waals surface area contributed by atoms with Crippen LogP contribution < -0.4 is 5.73 Å². The molecule has 3 nitrogen and oxygen atoms in total. The largest absolute Gasteiger partial charge is 0.329 e. The standard InChI is InChI=1S/C10H10BrN3S2/c11-8-4-2-1-3-7(8)9(5-12)15-10-13-6-14-16-10/h1-4,6,9H,5,12H2. The minimum absolute atomic E-state index is 0.212. The van der Waals surface area contributed by atoms with Crippen molar-refractivity contribution < 1.29 is 0 Å². The molecule has 0 saturated heterocycles. The zero-order chi connectivity index (χ0) is 11.4. The van der Waals surface area contributed by atoms with Crippen molar-refractivity contribution in [3.8, 4) is 0 Å². The first-order valence-corrected chi connectivity index (χ1v) is 7.13. The van der Waals surface area contributed by atoms with Gasteiger partial charge in [0.2, 0.25) is 0 Å². The van der Waals surface area contributed by atoms with Crippen molar-refractivity contribution in [2.75, 3.05) is 6.54 Å². The van der Waals surface area contributed by atoms with Crippen LogP contribution in [0.2, 0.25) is 0 Å². The average Bonchev–Trinajstić information content (AvgIpc) is 2.80. The molecule has 1 heterocycles. The molecule has 0 aliphatic carbocycles. The smallest absolute Gasteiger partial charge is 0.170 e. The van der Waals surface area contributed by atoms with Gasteiger partial charge in [0.25, 0.3) is 0 Å². The van der Waals surface area contributed by atoms with Gasteiger partial charge in [-0.3, -0.25) is 0 Å². The normalized spacial score (nSPS) is 12.6. The van der Waals surface area contributed by atoms with E-state index in [2.05, 4.69) is 31.4 Å². The molecule has 1 aromatic carbocycles. The van der Waals surface area contributed by atoms with Gasteiger partial charge in [-0.2, -0.15) is 4.37 Å². The monoisotopic (exact) mass is 315 g/mol. The molecule has 0 amide bonds. The molecule has 1 aromatic heterocycles. The molecule has 0 saturated carbocycles. The van der Waals surface area contributed by atoms with E-state index in [0.717, 1.165) is 8.81 Å². The number of rotatable bonds is 4. The molecule has 2 rings (SSSR count). The second kappa shape index (κ2) is 5.77. The van der Waals surface area contributed by atoms with Gasteiger partial charge in [0, 0.05) is 11.0 Å². The summed E-state index contributed by atoms with van der Waals surface area (Å²) in [6, 6.07) is 8.12. The lowest BCUT2D eigenvalue weighted by molar-refractivity contribution is 0.934. The minimum atomic E-state index is 0.212. The molecule has 0 bridgehead atoms. The molecule has 6 heteroatoms. The van der Waals surface area contributed by atoms with Crippen LogP contribution in [0.25, 0.3) is 0 Å². The van der Waals surface area contributed by atoms with Crippen molar-refractivity contribution >= 4 is 39.2 Å². The predicted octanol–water partition coefficient (Wildman–Crippen LogP) is 3.09. The molecule has 1 unspecified atom stereocenters. The Kier molecular flexibility index (Phi) is 4.34. The van der Waals surface area contributed by atoms with Gasteiger partial charge in [0.1, 0.15) is 6.33 Å². The molecule has 16 heavy (non-hydrogen) atoms. The van der Waals surface area contributed by atoms with Crippen LogP contribution in [0.4, 0.5) is 0 Å². The Labute approximate surface area is 111 Å². The molecule has 2 N–H and O–H groups in total. The second-order valence-electron chi connectivity index (χ2n) is 3.07. The van der Waals surface area contributed by atoms with E-state index in [-0.39, 0.29) is 5.25 Å². The third kappa shape index (κ3) is 2.82. The SMILES string of the molecule is NCC(Sc1ncns1)c1ccccc1Br. The molecule has 0 aliphatic rings. The fourth-order valence-electron chi connectivity index (χ4n) is 1.31. The Balaban J connectivity index is 2.20. The summed E-state index contributed by atoms with van der Waals surface area (Å²) in [5, 5.41) is 0.212. The lowest BCUT2D eigenvalue weighted by Gasteiger charge is -2.14. The maximum atomic E-state index is 5.81. The Bertz CT molecular complexity index is 447. The van der Waals surface area contributed by atoms with Gasteiger partial charge >= 0.3 is 0 Å². The zero-order valence-corrected chi connectivity index (χ0v) is 11.6. The van der Waals surface area contributed by atoms with Crippen molar-refractivity contribution in [3.63, 3.8) is 0 Å². The lowest BCUT2D eigenvalue weighted by Crippen LogP contribution is -2.09. The molecule has 0 spiro atoms. The quantitative estimate of drug-likeness (QED) is 0.881. The number of hydrogen-bond acceptors (Lipinski definition) is 5. The summed E-state index contributed by atoms with van der Waals surface area (Å²) in [5.41, 5.74) is 7.00. The molecule has 0 fully saturated rings. The molecule has 84 valence electrons. The van der Waals surface area contributed by atoms with Crippen LogP contribution in [-0.2, 0) is 0 Å². The van der Waals surface area contributed by atoms with Crippen molar-refractivity contribution in [2.24, 2.45) is 5.73 Å². The van der Waals surface area contributed by atoms with Gasteiger partial charge in [-0.05, 0) is 23.2 Å². The van der Waals surface area contributed by atoms with Crippen LogP contribution in [0, 0.1) is 0 Å². The third-order valence-electron chi connectivity index (χ3n) is 2.05. The number of aromatic nitrogens is 2. The number of nitrogens with zero attached hydrogens (tertiary/aromatic N) is 2. The fraction of sp³-hybridized carbons (Fsp3) is 0.200. The number of halogens is 1. The van der Waals surface area contributed by atoms with E-state index >= 15 is 0 Å². The molecule has 2 aromatic rings. The summed E-state index contributed by atoms with van der Waals surface area (Å²) in [4.78, 5) is 4.16. The highest BCUT2D eigenvalue weighted by molar-refractivity contribution is 9.10. The predicted molar refractivity (Wildman–Crippen MR) is 71.7 cm³/mol. The third-order valence-corrected chi connectivity index (χ3v) is 4.78.